The highest BCUT2D eigenvalue weighted by Gasteiger charge is 2.24. The minimum atomic E-state index is -0.586. The Morgan fingerprint density at radius 3 is 2.75 bits per heavy atom. The molecule has 0 saturated carbocycles. The molecule has 12 heteroatoms. The second-order valence-corrected chi connectivity index (χ2v) is 7.68. The van der Waals surface area contributed by atoms with Crippen LogP contribution in [0.5, 0.6) is 5.75 Å². The summed E-state index contributed by atoms with van der Waals surface area (Å²) in [5.74, 6) is -0.0539. The number of amides is 1. The molecule has 2 aromatic heterocycles. The van der Waals surface area contributed by atoms with Crippen molar-refractivity contribution in [2.45, 2.75) is 17.6 Å². The van der Waals surface area contributed by atoms with Crippen LogP contribution in [0.1, 0.15) is 27.3 Å². The first-order valence-electron chi connectivity index (χ1n) is 9.37. The van der Waals surface area contributed by atoms with Gasteiger partial charge in [-0.25, -0.2) is 10.1 Å². The Kier molecular flexibility index (Phi) is 6.12. The van der Waals surface area contributed by atoms with E-state index in [0.717, 1.165) is 10.5 Å². The number of aromatic hydroxyl groups is 1. The van der Waals surface area contributed by atoms with Crippen molar-refractivity contribution >= 4 is 29.7 Å². The molecule has 0 aliphatic heterocycles. The third-order valence-corrected chi connectivity index (χ3v) is 5.40. The van der Waals surface area contributed by atoms with Crippen LogP contribution >= 0.6 is 11.8 Å². The summed E-state index contributed by atoms with van der Waals surface area (Å²) in [4.78, 5) is 13.8. The third kappa shape index (κ3) is 4.59. The van der Waals surface area contributed by atoms with Crippen LogP contribution in [0.3, 0.4) is 0 Å². The first-order chi connectivity index (χ1) is 15.5. The molecule has 32 heavy (non-hydrogen) atoms. The van der Waals surface area contributed by atoms with Crippen molar-refractivity contribution in [3.63, 3.8) is 0 Å². The Labute approximate surface area is 186 Å². The summed E-state index contributed by atoms with van der Waals surface area (Å²) < 4.78 is 5.97. The number of hydrogen-bond acceptors (Lipinski definition) is 10. The number of aromatic nitrogens is 5. The van der Waals surface area contributed by atoms with Crippen LogP contribution in [0.25, 0.3) is 5.82 Å². The van der Waals surface area contributed by atoms with E-state index in [-0.39, 0.29) is 23.1 Å². The van der Waals surface area contributed by atoms with Crippen molar-refractivity contribution < 1.29 is 14.5 Å². The van der Waals surface area contributed by atoms with Gasteiger partial charge in [0, 0.05) is 16.2 Å². The number of thioether (sulfide) groups is 1. The molecular weight excluding hydrogens is 432 g/mol. The number of carbonyl (C=O) groups excluding carboxylic acids is 1. The van der Waals surface area contributed by atoms with E-state index in [4.69, 9.17) is 5.73 Å². The Morgan fingerprint density at radius 1 is 1.25 bits per heavy atom. The van der Waals surface area contributed by atoms with Gasteiger partial charge < -0.3 is 10.8 Å². The molecule has 0 aliphatic carbocycles. The lowest BCUT2D eigenvalue weighted by molar-refractivity contribution is 0.0949. The molecule has 162 valence electrons. The highest BCUT2D eigenvalue weighted by Crippen LogP contribution is 2.26. The number of nitrogens with zero attached hydrogens (tertiary/aromatic N) is 6. The first-order valence-corrected chi connectivity index (χ1v) is 10.4. The van der Waals surface area contributed by atoms with Crippen LogP contribution < -0.4 is 11.2 Å². The van der Waals surface area contributed by atoms with E-state index in [2.05, 4.69) is 35.8 Å². The van der Waals surface area contributed by atoms with Crippen molar-refractivity contribution in [1.29, 1.82) is 0 Å². The zero-order valence-electron chi connectivity index (χ0n) is 16.8. The number of anilines is 1. The van der Waals surface area contributed by atoms with Crippen molar-refractivity contribution in [3.8, 4) is 11.6 Å². The number of benzene rings is 2. The van der Waals surface area contributed by atoms with Crippen molar-refractivity contribution in [3.05, 3.63) is 71.0 Å². The number of nitrogen functional groups attached to an aromatic ring is 1. The predicted molar refractivity (Wildman–Crippen MR) is 118 cm³/mol. The lowest BCUT2D eigenvalue weighted by Crippen LogP contribution is -2.20. The topological polar surface area (TPSA) is 157 Å². The van der Waals surface area contributed by atoms with Gasteiger partial charge >= 0.3 is 0 Å². The van der Waals surface area contributed by atoms with Crippen molar-refractivity contribution in [2.24, 2.45) is 5.10 Å². The van der Waals surface area contributed by atoms with E-state index in [0.29, 0.717) is 17.0 Å². The van der Waals surface area contributed by atoms with Crippen LogP contribution in [-0.2, 0) is 5.75 Å². The Bertz CT molecular complexity index is 1270. The molecule has 4 N–H and O–H groups in total. The molecule has 0 saturated heterocycles. The molecule has 1 amide bonds. The maximum atomic E-state index is 12.8. The SMILES string of the molecule is Cc1ccc(SCc2c(C(=O)N/N=C/c3ccccc3O)nnn2-c2nonc2N)cc1. The van der Waals surface area contributed by atoms with E-state index in [1.54, 1.807) is 18.2 Å². The van der Waals surface area contributed by atoms with Crippen molar-refractivity contribution in [1.82, 2.24) is 30.7 Å². The van der Waals surface area contributed by atoms with Gasteiger partial charge in [-0.2, -0.15) is 9.78 Å². The molecule has 2 aromatic carbocycles. The van der Waals surface area contributed by atoms with Gasteiger partial charge in [0.05, 0.1) is 11.9 Å². The average Bonchev–Trinajstić information content (AvgIpc) is 3.40. The number of nitrogens with one attached hydrogen (secondary N) is 1. The van der Waals surface area contributed by atoms with Gasteiger partial charge in [-0.1, -0.05) is 35.0 Å². The molecular formula is C20H18N8O3S. The zero-order valence-corrected chi connectivity index (χ0v) is 17.7. The minimum absolute atomic E-state index is 0.0148. The second-order valence-electron chi connectivity index (χ2n) is 6.63. The molecule has 0 atom stereocenters. The summed E-state index contributed by atoms with van der Waals surface area (Å²) in [5.41, 5.74) is 10.3. The highest BCUT2D eigenvalue weighted by molar-refractivity contribution is 7.98. The molecule has 4 aromatic rings. The van der Waals surface area contributed by atoms with E-state index < -0.39 is 5.91 Å². The molecule has 0 fully saturated rings. The molecule has 2 heterocycles. The van der Waals surface area contributed by atoms with E-state index in [1.165, 1.54) is 28.7 Å². The van der Waals surface area contributed by atoms with Gasteiger partial charge in [0.1, 0.15) is 5.75 Å². The lowest BCUT2D eigenvalue weighted by Gasteiger charge is -2.06. The van der Waals surface area contributed by atoms with Crippen LogP contribution in [0.4, 0.5) is 5.82 Å². The fraction of sp³-hybridized carbons (Fsp3) is 0.100. The highest BCUT2D eigenvalue weighted by atomic mass is 32.2. The Morgan fingerprint density at radius 2 is 2.03 bits per heavy atom. The van der Waals surface area contributed by atoms with Gasteiger partial charge in [0.15, 0.2) is 5.69 Å². The van der Waals surface area contributed by atoms with Crippen LogP contribution in [0.15, 0.2) is 63.2 Å². The molecule has 0 aliphatic rings. The quantitative estimate of drug-likeness (QED) is 0.218. The fourth-order valence-corrected chi connectivity index (χ4v) is 3.60. The van der Waals surface area contributed by atoms with E-state index in [1.807, 2.05) is 31.2 Å². The van der Waals surface area contributed by atoms with Gasteiger partial charge in [-0.05, 0) is 41.5 Å². The number of para-hydroxylation sites is 1. The van der Waals surface area contributed by atoms with Gasteiger partial charge in [-0.3, -0.25) is 4.79 Å². The fourth-order valence-electron chi connectivity index (χ4n) is 2.71. The summed E-state index contributed by atoms with van der Waals surface area (Å²) in [5, 5.41) is 29.0. The summed E-state index contributed by atoms with van der Waals surface area (Å²) >= 11 is 1.49. The van der Waals surface area contributed by atoms with Crippen LogP contribution in [-0.4, -0.2) is 42.5 Å². The monoisotopic (exact) mass is 450 g/mol. The molecule has 4 rings (SSSR count). The Balaban J connectivity index is 1.58. The van der Waals surface area contributed by atoms with E-state index >= 15 is 0 Å². The number of hydrazone groups is 1. The lowest BCUT2D eigenvalue weighted by atomic mass is 10.2. The molecule has 0 unspecified atom stereocenters. The van der Waals surface area contributed by atoms with Gasteiger partial charge in [0.25, 0.3) is 5.91 Å². The third-order valence-electron chi connectivity index (χ3n) is 4.38. The predicted octanol–water partition coefficient (Wildman–Crippen LogP) is 2.30. The Hall–Kier alpha value is -4.19. The number of phenolic OH excluding ortho intramolecular Hbond substituents is 1. The smallest absolute Gasteiger partial charge is 0.293 e. The first kappa shape index (κ1) is 21.1. The summed E-state index contributed by atoms with van der Waals surface area (Å²) in [6.45, 7) is 2.01. The maximum Gasteiger partial charge on any atom is 0.293 e. The largest absolute Gasteiger partial charge is 0.507 e. The number of aryl methyl sites for hydroxylation is 1. The number of rotatable bonds is 7. The molecule has 11 nitrogen and oxygen atoms in total. The molecule has 0 spiro atoms. The summed E-state index contributed by atoms with van der Waals surface area (Å²) in [6, 6.07) is 14.6. The minimum Gasteiger partial charge on any atom is -0.507 e. The second kappa shape index (κ2) is 9.31. The molecule has 0 bridgehead atoms. The van der Waals surface area contributed by atoms with Crippen LogP contribution in [0, 0.1) is 6.92 Å². The average molecular weight is 450 g/mol. The van der Waals surface area contributed by atoms with Gasteiger partial charge in [0.2, 0.25) is 11.6 Å². The standard InChI is InChI=1S/C20H18N8O3S/c1-12-6-8-14(9-7-12)32-11-15-17(23-27-28(15)19-18(21)25-31-26-19)20(30)24-22-10-13-4-2-3-5-16(13)29/h2-10,29H,11H2,1H3,(H2,21,25)(H,24,30)/b22-10+. The summed E-state index contributed by atoms with van der Waals surface area (Å²) in [7, 11) is 0. The zero-order chi connectivity index (χ0) is 22.5. The van der Waals surface area contributed by atoms with Crippen molar-refractivity contribution in [2.75, 3.05) is 5.73 Å². The molecule has 0 radical (unpaired) electrons. The maximum absolute atomic E-state index is 12.8. The summed E-state index contributed by atoms with van der Waals surface area (Å²) in [6.07, 6.45) is 1.33. The van der Waals surface area contributed by atoms with Gasteiger partial charge in [-0.15, -0.1) is 16.9 Å². The number of hydrogen-bond donors (Lipinski definition) is 3. The normalized spacial score (nSPS) is 11.2. The van der Waals surface area contributed by atoms with E-state index in [9.17, 15) is 9.90 Å². The number of phenols is 1. The number of nitrogens with two attached hydrogens (primary N) is 1. The van der Waals surface area contributed by atoms with Crippen LogP contribution in [0.2, 0.25) is 0 Å². The number of carbonyl (C=O) groups is 1.